The highest BCUT2D eigenvalue weighted by Crippen LogP contribution is 2.39. The van der Waals surface area contributed by atoms with Crippen molar-refractivity contribution in [2.75, 3.05) is 0 Å². The first-order valence-electron chi connectivity index (χ1n) is 8.28. The fourth-order valence-corrected chi connectivity index (χ4v) is 5.95. The largest absolute Gasteiger partial charge is 0.264 e. The molecule has 4 aromatic rings. The lowest BCUT2D eigenvalue weighted by Gasteiger charge is -2.11. The number of hydrogen-bond acceptors (Lipinski definition) is 3. The van der Waals surface area contributed by atoms with Crippen molar-refractivity contribution in [3.05, 3.63) is 104 Å². The molecular weight excluding hydrogens is 356 g/mol. The Bertz CT molecular complexity index is 921. The normalized spacial score (nSPS) is 10.8. The van der Waals surface area contributed by atoms with Crippen molar-refractivity contribution in [2.24, 2.45) is 0 Å². The molecule has 0 atom stereocenters. The Balaban J connectivity index is 1.82. The van der Waals surface area contributed by atoms with Crippen molar-refractivity contribution in [1.82, 2.24) is 9.97 Å². The number of aromatic nitrogens is 2. The number of pyridine rings is 2. The maximum Gasteiger partial charge on any atom is 0.180 e. The van der Waals surface area contributed by atoms with Crippen molar-refractivity contribution < 1.29 is 0 Å². The highest BCUT2D eigenvalue weighted by molar-refractivity contribution is 8.01. The monoisotopic (exact) mass is 373 g/mol. The lowest BCUT2D eigenvalue weighted by Crippen LogP contribution is -2.06. The number of hydrogen-bond donors (Lipinski definition) is 0. The molecule has 0 aliphatic heterocycles. The molecule has 0 fully saturated rings. The first-order chi connectivity index (χ1) is 12.9. The minimum absolute atomic E-state index is 0.201. The van der Waals surface area contributed by atoms with E-state index in [1.807, 2.05) is 36.5 Å². The molecule has 0 amide bonds. The third-order valence-corrected chi connectivity index (χ3v) is 7.31. The van der Waals surface area contributed by atoms with Crippen LogP contribution in [0, 0.1) is 0 Å². The lowest BCUT2D eigenvalue weighted by atomic mass is 10.4. The minimum Gasteiger partial charge on any atom is -0.264 e. The van der Waals surface area contributed by atoms with E-state index in [2.05, 4.69) is 88.8 Å². The molecule has 126 valence electrons. The van der Waals surface area contributed by atoms with Gasteiger partial charge < -0.3 is 0 Å². The Labute approximate surface area is 160 Å². The Morgan fingerprint density at radius 1 is 0.577 bits per heavy atom. The minimum atomic E-state index is -0.201. The van der Waals surface area contributed by atoms with E-state index < -0.39 is 0 Å². The van der Waals surface area contributed by atoms with Crippen LogP contribution in [0.1, 0.15) is 0 Å². The molecular formula is C22H17N2S2+. The summed E-state index contributed by atoms with van der Waals surface area (Å²) in [5, 5.41) is 0. The summed E-state index contributed by atoms with van der Waals surface area (Å²) in [6.45, 7) is 0. The molecule has 0 radical (unpaired) electrons. The summed E-state index contributed by atoms with van der Waals surface area (Å²) in [4.78, 5) is 14.7. The van der Waals surface area contributed by atoms with Crippen LogP contribution < -0.4 is 0 Å². The van der Waals surface area contributed by atoms with Gasteiger partial charge in [-0.1, -0.05) is 42.1 Å². The van der Waals surface area contributed by atoms with E-state index in [1.54, 1.807) is 0 Å². The Hall–Kier alpha value is -2.56. The predicted octanol–water partition coefficient (Wildman–Crippen LogP) is 5.72. The van der Waals surface area contributed by atoms with Crippen molar-refractivity contribution in [3.8, 4) is 0 Å². The molecule has 2 aromatic carbocycles. The van der Waals surface area contributed by atoms with E-state index in [4.69, 9.17) is 0 Å². The van der Waals surface area contributed by atoms with Crippen molar-refractivity contribution in [3.63, 3.8) is 0 Å². The maximum atomic E-state index is 4.19. The second-order valence-corrected chi connectivity index (χ2v) is 8.64. The van der Waals surface area contributed by atoms with Gasteiger partial charge in [-0.05, 0) is 24.3 Å². The average Bonchev–Trinajstić information content (AvgIpc) is 2.72. The Kier molecular flexibility index (Phi) is 5.33. The predicted molar refractivity (Wildman–Crippen MR) is 108 cm³/mol. The van der Waals surface area contributed by atoms with Crippen LogP contribution in [-0.2, 0) is 10.9 Å². The molecule has 0 saturated carbocycles. The molecule has 0 unspecified atom stereocenters. The molecule has 2 nitrogen and oxygen atoms in total. The smallest absolute Gasteiger partial charge is 0.180 e. The summed E-state index contributed by atoms with van der Waals surface area (Å²) >= 11 is 1.81. The van der Waals surface area contributed by atoms with Gasteiger partial charge in [-0.15, -0.1) is 0 Å². The summed E-state index contributed by atoms with van der Waals surface area (Å²) in [6, 6.07) is 27.6. The summed E-state index contributed by atoms with van der Waals surface area (Å²) in [6.07, 6.45) is 7.46. The van der Waals surface area contributed by atoms with Gasteiger partial charge in [-0.3, -0.25) is 9.97 Å². The molecule has 26 heavy (non-hydrogen) atoms. The fourth-order valence-electron chi connectivity index (χ4n) is 2.66. The zero-order valence-corrected chi connectivity index (χ0v) is 15.7. The lowest BCUT2D eigenvalue weighted by molar-refractivity contribution is 1.17. The molecule has 0 bridgehead atoms. The summed E-state index contributed by atoms with van der Waals surface area (Å²) in [5.41, 5.74) is 0. The van der Waals surface area contributed by atoms with Crippen LogP contribution in [0.4, 0.5) is 0 Å². The summed E-state index contributed by atoms with van der Waals surface area (Å²) in [5.74, 6) is 0. The molecule has 4 rings (SSSR count). The van der Waals surface area contributed by atoms with Gasteiger partial charge in [0.15, 0.2) is 14.7 Å². The Morgan fingerprint density at radius 3 is 1.73 bits per heavy atom. The third kappa shape index (κ3) is 3.82. The molecule has 2 heterocycles. The van der Waals surface area contributed by atoms with Crippen LogP contribution in [0.3, 0.4) is 0 Å². The Morgan fingerprint density at radius 2 is 1.12 bits per heavy atom. The van der Waals surface area contributed by atoms with Crippen LogP contribution in [0.25, 0.3) is 0 Å². The van der Waals surface area contributed by atoms with Gasteiger partial charge in [-0.2, -0.15) is 0 Å². The first kappa shape index (κ1) is 16.9. The van der Waals surface area contributed by atoms with Crippen molar-refractivity contribution in [1.29, 1.82) is 0 Å². The average molecular weight is 374 g/mol. The van der Waals surface area contributed by atoms with E-state index in [1.165, 1.54) is 24.5 Å². The molecule has 0 aliphatic rings. The molecule has 4 heteroatoms. The van der Waals surface area contributed by atoms with Gasteiger partial charge in [0, 0.05) is 53.9 Å². The molecule has 0 saturated heterocycles. The van der Waals surface area contributed by atoms with Crippen LogP contribution >= 0.6 is 11.8 Å². The standard InChI is InChI=1S/C22H17N2S2/c1-2-6-18(7-3-1)25-21-8-4-5-9-22(21)26(19-10-14-23-15-11-19)20-12-16-24-17-13-20/h1-17H/q+1. The highest BCUT2D eigenvalue weighted by atomic mass is 32.2. The summed E-state index contributed by atoms with van der Waals surface area (Å²) in [7, 11) is -0.201. The van der Waals surface area contributed by atoms with Crippen molar-refractivity contribution >= 4 is 22.7 Å². The van der Waals surface area contributed by atoms with Gasteiger partial charge in [0.2, 0.25) is 0 Å². The van der Waals surface area contributed by atoms with Crippen LogP contribution in [-0.4, -0.2) is 9.97 Å². The second kappa shape index (κ2) is 8.21. The van der Waals surface area contributed by atoms with Crippen molar-refractivity contribution in [2.45, 2.75) is 24.5 Å². The molecule has 2 aromatic heterocycles. The number of benzene rings is 2. The fraction of sp³-hybridized carbons (Fsp3) is 0. The number of rotatable bonds is 5. The highest BCUT2D eigenvalue weighted by Gasteiger charge is 2.31. The topological polar surface area (TPSA) is 25.8 Å². The van der Waals surface area contributed by atoms with Crippen LogP contribution in [0.2, 0.25) is 0 Å². The third-order valence-electron chi connectivity index (χ3n) is 3.81. The quantitative estimate of drug-likeness (QED) is 0.418. The van der Waals surface area contributed by atoms with Gasteiger partial charge in [-0.25, -0.2) is 0 Å². The van der Waals surface area contributed by atoms with E-state index in [9.17, 15) is 0 Å². The maximum absolute atomic E-state index is 4.19. The zero-order valence-electron chi connectivity index (χ0n) is 14.0. The summed E-state index contributed by atoms with van der Waals surface area (Å²) < 4.78 is 0. The van der Waals surface area contributed by atoms with Gasteiger partial charge in [0.25, 0.3) is 0 Å². The van der Waals surface area contributed by atoms with Gasteiger partial charge in [0.1, 0.15) is 10.9 Å². The van der Waals surface area contributed by atoms with Gasteiger partial charge in [0.05, 0.1) is 4.90 Å². The van der Waals surface area contributed by atoms with E-state index in [-0.39, 0.29) is 10.9 Å². The number of nitrogens with zero attached hydrogens (tertiary/aromatic N) is 2. The second-order valence-electron chi connectivity index (χ2n) is 5.53. The molecule has 0 N–H and O–H groups in total. The van der Waals surface area contributed by atoms with Crippen LogP contribution in [0.5, 0.6) is 0 Å². The zero-order chi connectivity index (χ0) is 17.6. The SMILES string of the molecule is c1ccc(Sc2ccccc2[S+](c2ccncc2)c2ccncc2)cc1. The first-order valence-corrected chi connectivity index (χ1v) is 10.3. The van der Waals surface area contributed by atoms with Gasteiger partial charge >= 0.3 is 0 Å². The van der Waals surface area contributed by atoms with Crippen LogP contribution in [0.15, 0.2) is 128 Å². The molecule has 0 spiro atoms. The van der Waals surface area contributed by atoms with E-state index in [0.29, 0.717) is 0 Å². The van der Waals surface area contributed by atoms with E-state index in [0.717, 1.165) is 0 Å². The van der Waals surface area contributed by atoms with E-state index >= 15 is 0 Å². The molecule has 0 aliphatic carbocycles.